The van der Waals surface area contributed by atoms with Crippen LogP contribution in [0.3, 0.4) is 0 Å². The molecule has 0 saturated carbocycles. The third kappa shape index (κ3) is 2.78. The summed E-state index contributed by atoms with van der Waals surface area (Å²) < 4.78 is 17.2. The van der Waals surface area contributed by atoms with Crippen molar-refractivity contribution in [3.05, 3.63) is 38.5 Å². The van der Waals surface area contributed by atoms with Crippen LogP contribution >= 0.6 is 27.3 Å². The minimum atomic E-state index is -0.0932. The van der Waals surface area contributed by atoms with Crippen molar-refractivity contribution < 1.29 is 19.0 Å². The minimum absolute atomic E-state index is 0.0932. The maximum absolute atomic E-state index is 12.7. The predicted molar refractivity (Wildman–Crippen MR) is 84.1 cm³/mol. The van der Waals surface area contributed by atoms with Gasteiger partial charge in [0, 0.05) is 16.5 Å². The molecule has 6 heteroatoms. The number of ether oxygens (including phenoxy) is 3. The van der Waals surface area contributed by atoms with Crippen molar-refractivity contribution in [3.8, 4) is 17.2 Å². The molecule has 0 N–H and O–H groups in total. The number of benzene rings is 1. The topological polar surface area (TPSA) is 44.8 Å². The standard InChI is InChI=1S/C15H13BrO4S/c1-18-11-3-6-21-15(11)14(17)9-7-12-13(8-10(9)16)20-5-2-4-19-12/h3,6-8H,2,4-5H2,1H3. The van der Waals surface area contributed by atoms with Crippen molar-refractivity contribution in [2.24, 2.45) is 0 Å². The minimum Gasteiger partial charge on any atom is -0.495 e. The van der Waals surface area contributed by atoms with Crippen molar-refractivity contribution in [2.75, 3.05) is 20.3 Å². The molecule has 1 aromatic heterocycles. The largest absolute Gasteiger partial charge is 0.495 e. The van der Waals surface area contributed by atoms with Crippen molar-refractivity contribution >= 4 is 33.0 Å². The Kier molecular flexibility index (Phi) is 4.17. The Balaban J connectivity index is 2.02. The Bertz CT molecular complexity index is 680. The summed E-state index contributed by atoms with van der Waals surface area (Å²) in [7, 11) is 1.56. The van der Waals surface area contributed by atoms with Gasteiger partial charge in [-0.3, -0.25) is 4.79 Å². The normalized spacial score (nSPS) is 13.6. The van der Waals surface area contributed by atoms with E-state index in [0.717, 1.165) is 6.42 Å². The highest BCUT2D eigenvalue weighted by molar-refractivity contribution is 9.10. The van der Waals surface area contributed by atoms with E-state index in [0.29, 0.717) is 45.4 Å². The molecule has 110 valence electrons. The number of ketones is 1. The van der Waals surface area contributed by atoms with Crippen LogP contribution in [-0.2, 0) is 0 Å². The highest BCUT2D eigenvalue weighted by atomic mass is 79.9. The van der Waals surface area contributed by atoms with Gasteiger partial charge in [-0.2, -0.15) is 0 Å². The number of thiophene rings is 1. The summed E-state index contributed by atoms with van der Waals surface area (Å²) >= 11 is 4.80. The predicted octanol–water partition coefficient (Wildman–Crippen LogP) is 3.91. The molecule has 3 rings (SSSR count). The molecule has 0 radical (unpaired) electrons. The van der Waals surface area contributed by atoms with E-state index in [1.54, 1.807) is 25.3 Å². The van der Waals surface area contributed by atoms with E-state index >= 15 is 0 Å². The van der Waals surface area contributed by atoms with Crippen LogP contribution in [0.25, 0.3) is 0 Å². The van der Waals surface area contributed by atoms with E-state index in [2.05, 4.69) is 15.9 Å². The van der Waals surface area contributed by atoms with Gasteiger partial charge in [0.2, 0.25) is 5.78 Å². The summed E-state index contributed by atoms with van der Waals surface area (Å²) in [6.45, 7) is 1.20. The fourth-order valence-electron chi connectivity index (χ4n) is 2.10. The number of hydrogen-bond donors (Lipinski definition) is 0. The fourth-order valence-corrected chi connectivity index (χ4v) is 3.42. The lowest BCUT2D eigenvalue weighted by atomic mass is 10.1. The second kappa shape index (κ2) is 6.07. The summed E-state index contributed by atoms with van der Waals surface area (Å²) in [6, 6.07) is 5.30. The Morgan fingerprint density at radius 2 is 2.00 bits per heavy atom. The first-order chi connectivity index (χ1) is 10.2. The summed E-state index contributed by atoms with van der Waals surface area (Å²) in [4.78, 5) is 13.3. The quantitative estimate of drug-likeness (QED) is 0.770. The van der Waals surface area contributed by atoms with Crippen LogP contribution in [0, 0.1) is 0 Å². The molecule has 1 aromatic carbocycles. The van der Waals surface area contributed by atoms with Crippen molar-refractivity contribution in [2.45, 2.75) is 6.42 Å². The highest BCUT2D eigenvalue weighted by Crippen LogP contribution is 2.37. The van der Waals surface area contributed by atoms with Gasteiger partial charge >= 0.3 is 0 Å². The molecule has 0 amide bonds. The zero-order valence-corrected chi connectivity index (χ0v) is 13.8. The Morgan fingerprint density at radius 1 is 1.29 bits per heavy atom. The van der Waals surface area contributed by atoms with Gasteiger partial charge in [0.05, 0.1) is 20.3 Å². The summed E-state index contributed by atoms with van der Waals surface area (Å²) in [5.74, 6) is 1.76. The first-order valence-electron chi connectivity index (χ1n) is 6.46. The lowest BCUT2D eigenvalue weighted by Crippen LogP contribution is -2.03. The van der Waals surface area contributed by atoms with Crippen LogP contribution in [0.1, 0.15) is 21.7 Å². The van der Waals surface area contributed by atoms with Crippen molar-refractivity contribution in [1.29, 1.82) is 0 Å². The zero-order chi connectivity index (χ0) is 14.8. The monoisotopic (exact) mass is 368 g/mol. The summed E-state index contributed by atoms with van der Waals surface area (Å²) in [5, 5.41) is 1.84. The van der Waals surface area contributed by atoms with Gasteiger partial charge < -0.3 is 14.2 Å². The van der Waals surface area contributed by atoms with Crippen LogP contribution in [0.15, 0.2) is 28.1 Å². The van der Waals surface area contributed by atoms with Crippen molar-refractivity contribution in [1.82, 2.24) is 0 Å². The van der Waals surface area contributed by atoms with E-state index in [1.807, 2.05) is 5.38 Å². The maximum atomic E-state index is 12.7. The third-order valence-electron chi connectivity index (χ3n) is 3.14. The molecule has 0 atom stereocenters. The number of fused-ring (bicyclic) bond motifs is 1. The Hall–Kier alpha value is -1.53. The van der Waals surface area contributed by atoms with E-state index in [4.69, 9.17) is 14.2 Å². The molecule has 1 aliphatic rings. The van der Waals surface area contributed by atoms with E-state index in [-0.39, 0.29) is 5.78 Å². The van der Waals surface area contributed by atoms with Gasteiger partial charge in [-0.1, -0.05) is 0 Å². The number of hydrogen-bond acceptors (Lipinski definition) is 5. The molecule has 21 heavy (non-hydrogen) atoms. The van der Waals surface area contributed by atoms with E-state index in [9.17, 15) is 4.79 Å². The third-order valence-corrected chi connectivity index (χ3v) is 4.69. The first-order valence-corrected chi connectivity index (χ1v) is 8.13. The van der Waals surface area contributed by atoms with Gasteiger partial charge in [-0.05, 0) is 39.5 Å². The first kappa shape index (κ1) is 14.4. The number of halogens is 1. The van der Waals surface area contributed by atoms with Crippen LogP contribution in [-0.4, -0.2) is 26.1 Å². The van der Waals surface area contributed by atoms with Crippen LogP contribution in [0.2, 0.25) is 0 Å². The number of carbonyl (C=O) groups excluding carboxylic acids is 1. The molecule has 2 aromatic rings. The number of methoxy groups -OCH3 is 1. The van der Waals surface area contributed by atoms with E-state index in [1.165, 1.54) is 11.3 Å². The fraction of sp³-hybridized carbons (Fsp3) is 0.267. The molecule has 0 bridgehead atoms. The molecule has 2 heterocycles. The smallest absolute Gasteiger partial charge is 0.208 e. The average Bonchev–Trinajstić information content (AvgIpc) is 2.85. The summed E-state index contributed by atoms with van der Waals surface area (Å²) in [6.07, 6.45) is 0.828. The average molecular weight is 369 g/mol. The van der Waals surface area contributed by atoms with Gasteiger partial charge in [-0.25, -0.2) is 0 Å². The van der Waals surface area contributed by atoms with Gasteiger partial charge in [0.15, 0.2) is 11.5 Å². The van der Waals surface area contributed by atoms with Crippen LogP contribution in [0.5, 0.6) is 17.2 Å². The zero-order valence-electron chi connectivity index (χ0n) is 11.3. The molecule has 4 nitrogen and oxygen atoms in total. The van der Waals surface area contributed by atoms with Crippen LogP contribution < -0.4 is 14.2 Å². The second-order valence-electron chi connectivity index (χ2n) is 4.48. The van der Waals surface area contributed by atoms with Gasteiger partial charge in [0.1, 0.15) is 10.6 Å². The molecule has 0 spiro atoms. The molecule has 0 aliphatic carbocycles. The Labute approximate surface area is 134 Å². The lowest BCUT2D eigenvalue weighted by molar-refractivity contribution is 0.103. The Morgan fingerprint density at radius 3 is 2.71 bits per heavy atom. The molecular formula is C15H13BrO4S. The van der Waals surface area contributed by atoms with Gasteiger partial charge in [-0.15, -0.1) is 11.3 Å². The highest BCUT2D eigenvalue weighted by Gasteiger charge is 2.22. The lowest BCUT2D eigenvalue weighted by Gasteiger charge is -2.11. The second-order valence-corrected chi connectivity index (χ2v) is 6.25. The summed E-state index contributed by atoms with van der Waals surface area (Å²) in [5.41, 5.74) is 0.542. The molecule has 0 saturated heterocycles. The molecular weight excluding hydrogens is 356 g/mol. The maximum Gasteiger partial charge on any atom is 0.208 e. The van der Waals surface area contributed by atoms with E-state index < -0.39 is 0 Å². The molecule has 1 aliphatic heterocycles. The van der Waals surface area contributed by atoms with Gasteiger partial charge in [0.25, 0.3) is 0 Å². The number of rotatable bonds is 3. The molecule has 0 unspecified atom stereocenters. The van der Waals surface area contributed by atoms with Crippen LogP contribution in [0.4, 0.5) is 0 Å². The molecule has 0 fully saturated rings. The SMILES string of the molecule is COc1ccsc1C(=O)c1cc2c(cc1Br)OCCCO2. The van der Waals surface area contributed by atoms with Crippen molar-refractivity contribution in [3.63, 3.8) is 0 Å². The number of carbonyl (C=O) groups is 1.